The molecular formula is C14H13ClN2O2. The molecule has 0 bridgehead atoms. The van der Waals surface area contributed by atoms with E-state index in [0.29, 0.717) is 18.5 Å². The van der Waals surface area contributed by atoms with Crippen molar-refractivity contribution in [2.75, 3.05) is 5.32 Å². The third-order valence-corrected chi connectivity index (χ3v) is 2.90. The topological polar surface area (TPSA) is 62.2 Å². The Balaban J connectivity index is 1.89. The number of rotatable bonds is 4. The summed E-state index contributed by atoms with van der Waals surface area (Å²) in [4.78, 5) is 15.7. The van der Waals surface area contributed by atoms with Crippen LogP contribution < -0.4 is 5.32 Å². The maximum Gasteiger partial charge on any atom is 0.224 e. The van der Waals surface area contributed by atoms with E-state index in [1.165, 1.54) is 12.1 Å². The van der Waals surface area contributed by atoms with E-state index in [-0.39, 0.29) is 16.7 Å². The van der Waals surface area contributed by atoms with Crippen LogP contribution in [-0.4, -0.2) is 16.0 Å². The third kappa shape index (κ3) is 3.96. The number of halogens is 1. The minimum Gasteiger partial charge on any atom is -0.506 e. The molecule has 0 aliphatic rings. The zero-order valence-electron chi connectivity index (χ0n) is 10.1. The molecule has 4 nitrogen and oxygen atoms in total. The molecule has 1 aromatic heterocycles. The number of benzene rings is 1. The molecule has 0 aliphatic heterocycles. The fourth-order valence-electron chi connectivity index (χ4n) is 1.61. The highest BCUT2D eigenvalue weighted by Crippen LogP contribution is 2.26. The summed E-state index contributed by atoms with van der Waals surface area (Å²) in [6, 6.07) is 8.33. The zero-order chi connectivity index (χ0) is 13.7. The number of nitrogens with zero attached hydrogens (tertiary/aromatic N) is 1. The van der Waals surface area contributed by atoms with Crippen LogP contribution in [0.25, 0.3) is 0 Å². The van der Waals surface area contributed by atoms with E-state index in [1.54, 1.807) is 18.5 Å². The molecule has 0 saturated heterocycles. The molecule has 0 radical (unpaired) electrons. The van der Waals surface area contributed by atoms with Crippen molar-refractivity contribution >= 4 is 23.2 Å². The second-order valence-corrected chi connectivity index (χ2v) is 4.48. The van der Waals surface area contributed by atoms with Crippen LogP contribution >= 0.6 is 11.6 Å². The molecule has 2 N–H and O–H groups in total. The van der Waals surface area contributed by atoms with Gasteiger partial charge in [-0.05, 0) is 36.2 Å². The number of nitrogens with one attached hydrogen (secondary N) is 1. The van der Waals surface area contributed by atoms with Crippen molar-refractivity contribution in [2.24, 2.45) is 0 Å². The monoisotopic (exact) mass is 276 g/mol. The van der Waals surface area contributed by atoms with Gasteiger partial charge in [-0.3, -0.25) is 9.78 Å². The normalized spacial score (nSPS) is 10.2. The molecule has 0 saturated carbocycles. The Hall–Kier alpha value is -2.07. The van der Waals surface area contributed by atoms with Crippen molar-refractivity contribution in [3.05, 3.63) is 53.3 Å². The van der Waals surface area contributed by atoms with E-state index in [9.17, 15) is 9.90 Å². The predicted molar refractivity (Wildman–Crippen MR) is 74.3 cm³/mol. The molecule has 2 rings (SSSR count). The first-order valence-electron chi connectivity index (χ1n) is 5.82. The maximum absolute atomic E-state index is 11.7. The average Bonchev–Trinajstić information content (AvgIpc) is 2.42. The summed E-state index contributed by atoms with van der Waals surface area (Å²) in [6.07, 6.45) is 4.43. The lowest BCUT2D eigenvalue weighted by Gasteiger charge is -2.06. The Morgan fingerprint density at radius 3 is 2.89 bits per heavy atom. The van der Waals surface area contributed by atoms with Crippen LogP contribution in [0.2, 0.25) is 5.02 Å². The number of amides is 1. The van der Waals surface area contributed by atoms with Crippen LogP contribution in [0.4, 0.5) is 5.69 Å². The molecule has 1 aromatic carbocycles. The van der Waals surface area contributed by atoms with E-state index >= 15 is 0 Å². The van der Waals surface area contributed by atoms with Gasteiger partial charge in [0.05, 0.1) is 5.02 Å². The van der Waals surface area contributed by atoms with Gasteiger partial charge in [0, 0.05) is 24.5 Å². The molecule has 0 atom stereocenters. The van der Waals surface area contributed by atoms with Crippen molar-refractivity contribution in [2.45, 2.75) is 12.8 Å². The first-order valence-corrected chi connectivity index (χ1v) is 6.20. The lowest BCUT2D eigenvalue weighted by molar-refractivity contribution is -0.116. The summed E-state index contributed by atoms with van der Waals surface area (Å²) in [5, 5.41) is 12.2. The number of pyridine rings is 1. The lowest BCUT2D eigenvalue weighted by atomic mass is 10.1. The summed E-state index contributed by atoms with van der Waals surface area (Å²) in [6.45, 7) is 0. The van der Waals surface area contributed by atoms with Gasteiger partial charge < -0.3 is 10.4 Å². The highest BCUT2D eigenvalue weighted by atomic mass is 35.5. The molecule has 5 heteroatoms. The Morgan fingerprint density at radius 1 is 1.37 bits per heavy atom. The van der Waals surface area contributed by atoms with Gasteiger partial charge in [0.1, 0.15) is 5.75 Å². The van der Waals surface area contributed by atoms with Crippen molar-refractivity contribution in [1.82, 2.24) is 4.98 Å². The second-order valence-electron chi connectivity index (χ2n) is 4.08. The minimum atomic E-state index is -0.106. The lowest BCUT2D eigenvalue weighted by Crippen LogP contribution is -2.12. The quantitative estimate of drug-likeness (QED) is 0.844. The van der Waals surface area contributed by atoms with E-state index in [0.717, 1.165) is 5.56 Å². The molecular weight excluding hydrogens is 264 g/mol. The summed E-state index contributed by atoms with van der Waals surface area (Å²) in [7, 11) is 0. The van der Waals surface area contributed by atoms with Gasteiger partial charge in [-0.1, -0.05) is 17.7 Å². The number of hydrogen-bond donors (Lipinski definition) is 2. The molecule has 2 aromatic rings. The smallest absolute Gasteiger partial charge is 0.224 e. The van der Waals surface area contributed by atoms with Crippen molar-refractivity contribution in [3.8, 4) is 5.75 Å². The number of aromatic nitrogens is 1. The van der Waals surface area contributed by atoms with Gasteiger partial charge in [-0.25, -0.2) is 0 Å². The first-order chi connectivity index (χ1) is 9.15. The molecule has 19 heavy (non-hydrogen) atoms. The number of aryl methyl sites for hydroxylation is 1. The van der Waals surface area contributed by atoms with Crippen LogP contribution in [0, 0.1) is 0 Å². The summed E-state index contributed by atoms with van der Waals surface area (Å²) < 4.78 is 0. The fraction of sp³-hybridized carbons (Fsp3) is 0.143. The SMILES string of the molecule is O=C(CCc1cccnc1)Nc1ccc(O)c(Cl)c1. The number of carbonyl (C=O) groups excluding carboxylic acids is 1. The molecule has 0 aliphatic carbocycles. The Bertz CT molecular complexity index is 573. The molecule has 98 valence electrons. The minimum absolute atomic E-state index is 0.00461. The van der Waals surface area contributed by atoms with Gasteiger partial charge in [0.15, 0.2) is 0 Å². The molecule has 0 spiro atoms. The number of phenolic OH excluding ortho intramolecular Hbond substituents is 1. The maximum atomic E-state index is 11.7. The van der Waals surface area contributed by atoms with Gasteiger partial charge in [0.2, 0.25) is 5.91 Å². The van der Waals surface area contributed by atoms with Crippen molar-refractivity contribution < 1.29 is 9.90 Å². The zero-order valence-corrected chi connectivity index (χ0v) is 10.9. The van der Waals surface area contributed by atoms with Gasteiger partial charge >= 0.3 is 0 Å². The fourth-order valence-corrected chi connectivity index (χ4v) is 1.79. The van der Waals surface area contributed by atoms with Crippen LogP contribution in [0.1, 0.15) is 12.0 Å². The third-order valence-electron chi connectivity index (χ3n) is 2.59. The molecule has 1 amide bonds. The molecule has 1 heterocycles. The average molecular weight is 277 g/mol. The number of anilines is 1. The Labute approximate surface area is 116 Å². The Morgan fingerprint density at radius 2 is 2.21 bits per heavy atom. The van der Waals surface area contributed by atoms with Crippen LogP contribution in [0.15, 0.2) is 42.7 Å². The van der Waals surface area contributed by atoms with E-state index in [1.807, 2.05) is 12.1 Å². The Kier molecular flexibility index (Phi) is 4.36. The molecule has 0 unspecified atom stereocenters. The summed E-state index contributed by atoms with van der Waals surface area (Å²) in [5.41, 5.74) is 1.58. The second kappa shape index (κ2) is 6.20. The summed E-state index contributed by atoms with van der Waals surface area (Å²) >= 11 is 5.76. The standard InChI is InChI=1S/C14H13ClN2O2/c15-12-8-11(4-5-13(12)18)17-14(19)6-3-10-2-1-7-16-9-10/h1-2,4-5,7-9,18H,3,6H2,(H,17,19). The number of aromatic hydroxyl groups is 1. The predicted octanol–water partition coefficient (Wildman–Crippen LogP) is 3.01. The summed E-state index contributed by atoms with van der Waals surface area (Å²) in [5.74, 6) is -0.111. The first kappa shape index (κ1) is 13.4. The van der Waals surface area contributed by atoms with Crippen molar-refractivity contribution in [3.63, 3.8) is 0 Å². The van der Waals surface area contributed by atoms with Crippen LogP contribution in [0.3, 0.4) is 0 Å². The van der Waals surface area contributed by atoms with Gasteiger partial charge in [0.25, 0.3) is 0 Å². The van der Waals surface area contributed by atoms with E-state index < -0.39 is 0 Å². The number of carbonyl (C=O) groups is 1. The number of hydrogen-bond acceptors (Lipinski definition) is 3. The molecule has 0 fully saturated rings. The highest BCUT2D eigenvalue weighted by molar-refractivity contribution is 6.32. The van der Waals surface area contributed by atoms with E-state index in [4.69, 9.17) is 11.6 Å². The number of phenols is 1. The van der Waals surface area contributed by atoms with Crippen LogP contribution in [-0.2, 0) is 11.2 Å². The van der Waals surface area contributed by atoms with Gasteiger partial charge in [-0.2, -0.15) is 0 Å². The highest BCUT2D eigenvalue weighted by Gasteiger charge is 2.05. The van der Waals surface area contributed by atoms with Gasteiger partial charge in [-0.15, -0.1) is 0 Å². The van der Waals surface area contributed by atoms with Crippen molar-refractivity contribution in [1.29, 1.82) is 0 Å². The van der Waals surface area contributed by atoms with E-state index in [2.05, 4.69) is 10.3 Å². The van der Waals surface area contributed by atoms with Crippen LogP contribution in [0.5, 0.6) is 5.75 Å². The largest absolute Gasteiger partial charge is 0.506 e.